The van der Waals surface area contributed by atoms with Gasteiger partial charge in [-0.2, -0.15) is 0 Å². The molecule has 5 heteroatoms. The SMILES string of the molecule is CCCC[SiH](CCCC)Oc1cccc2c1C(=N)NC2=N. The molecule has 0 saturated carbocycles. The summed E-state index contributed by atoms with van der Waals surface area (Å²) in [6, 6.07) is 8.14. The molecule has 114 valence electrons. The highest BCUT2D eigenvalue weighted by molar-refractivity contribution is 6.52. The summed E-state index contributed by atoms with van der Waals surface area (Å²) in [6.07, 6.45) is 4.85. The molecular formula is C16H25N3OSi. The fourth-order valence-corrected chi connectivity index (χ4v) is 5.46. The number of hydrogen-bond acceptors (Lipinski definition) is 3. The molecule has 0 unspecified atom stereocenters. The second-order valence-electron chi connectivity index (χ2n) is 5.58. The minimum atomic E-state index is -1.27. The van der Waals surface area contributed by atoms with E-state index in [-0.39, 0.29) is 0 Å². The lowest BCUT2D eigenvalue weighted by atomic mass is 10.1. The Balaban J connectivity index is 2.17. The summed E-state index contributed by atoms with van der Waals surface area (Å²) in [6.45, 7) is 4.43. The predicted octanol–water partition coefficient (Wildman–Crippen LogP) is 3.64. The number of hydrogen-bond donors (Lipinski definition) is 3. The van der Waals surface area contributed by atoms with Crippen LogP contribution in [0.25, 0.3) is 0 Å². The molecule has 0 spiro atoms. The van der Waals surface area contributed by atoms with Crippen LogP contribution in [0.4, 0.5) is 0 Å². The molecule has 1 heterocycles. The maximum absolute atomic E-state index is 8.01. The molecule has 2 rings (SSSR count). The first-order chi connectivity index (χ1) is 10.2. The molecule has 0 fully saturated rings. The second-order valence-corrected chi connectivity index (χ2v) is 8.21. The van der Waals surface area contributed by atoms with E-state index in [2.05, 4.69) is 19.2 Å². The van der Waals surface area contributed by atoms with E-state index in [0.29, 0.717) is 11.7 Å². The first kappa shape index (κ1) is 15.8. The van der Waals surface area contributed by atoms with Crippen molar-refractivity contribution in [1.82, 2.24) is 5.32 Å². The molecule has 0 bridgehead atoms. The Kier molecular flexibility index (Phi) is 5.56. The maximum atomic E-state index is 8.01. The number of amidine groups is 2. The highest BCUT2D eigenvalue weighted by atomic mass is 28.3. The second kappa shape index (κ2) is 7.40. The molecule has 3 N–H and O–H groups in total. The van der Waals surface area contributed by atoms with Gasteiger partial charge in [0, 0.05) is 5.56 Å². The Morgan fingerprint density at radius 2 is 1.71 bits per heavy atom. The molecule has 0 atom stereocenters. The summed E-state index contributed by atoms with van der Waals surface area (Å²) in [5.41, 5.74) is 1.56. The largest absolute Gasteiger partial charge is 0.546 e. The lowest BCUT2D eigenvalue weighted by Crippen LogP contribution is -2.23. The van der Waals surface area contributed by atoms with Gasteiger partial charge in [0.2, 0.25) is 9.04 Å². The van der Waals surface area contributed by atoms with Crippen molar-refractivity contribution in [3.8, 4) is 5.75 Å². The van der Waals surface area contributed by atoms with Crippen LogP contribution in [0.1, 0.15) is 50.7 Å². The Morgan fingerprint density at radius 3 is 2.33 bits per heavy atom. The van der Waals surface area contributed by atoms with Gasteiger partial charge in [-0.3, -0.25) is 10.8 Å². The third kappa shape index (κ3) is 3.72. The van der Waals surface area contributed by atoms with Crippen LogP contribution in [0.3, 0.4) is 0 Å². The van der Waals surface area contributed by atoms with Crippen LogP contribution in [0.2, 0.25) is 12.1 Å². The number of rotatable bonds is 8. The van der Waals surface area contributed by atoms with Crippen molar-refractivity contribution >= 4 is 20.7 Å². The Hall–Kier alpha value is -1.62. The molecule has 1 aromatic rings. The van der Waals surface area contributed by atoms with E-state index in [9.17, 15) is 0 Å². The molecule has 4 nitrogen and oxygen atoms in total. The summed E-state index contributed by atoms with van der Waals surface area (Å²) < 4.78 is 6.34. The zero-order chi connectivity index (χ0) is 15.2. The Labute approximate surface area is 128 Å². The molecular weight excluding hydrogens is 278 g/mol. The van der Waals surface area contributed by atoms with Crippen LogP contribution in [0.5, 0.6) is 5.75 Å². The van der Waals surface area contributed by atoms with Crippen molar-refractivity contribution in [2.24, 2.45) is 0 Å². The first-order valence-corrected chi connectivity index (χ1v) is 10.0. The molecule has 0 aliphatic carbocycles. The third-order valence-electron chi connectivity index (χ3n) is 3.85. The molecule has 0 radical (unpaired) electrons. The van der Waals surface area contributed by atoms with Crippen molar-refractivity contribution in [2.75, 3.05) is 0 Å². The molecule has 1 aromatic carbocycles. The lowest BCUT2D eigenvalue weighted by molar-refractivity contribution is 0.551. The zero-order valence-electron chi connectivity index (χ0n) is 13.0. The van der Waals surface area contributed by atoms with Gasteiger partial charge < -0.3 is 9.74 Å². The quantitative estimate of drug-likeness (QED) is 0.642. The smallest absolute Gasteiger partial charge is 0.235 e. The fourth-order valence-electron chi connectivity index (χ4n) is 2.66. The van der Waals surface area contributed by atoms with Gasteiger partial charge in [0.25, 0.3) is 0 Å². The summed E-state index contributed by atoms with van der Waals surface area (Å²) in [7, 11) is -1.27. The van der Waals surface area contributed by atoms with Gasteiger partial charge in [-0.1, -0.05) is 51.7 Å². The van der Waals surface area contributed by atoms with Crippen LogP contribution >= 0.6 is 0 Å². The van der Waals surface area contributed by atoms with Crippen molar-refractivity contribution in [3.05, 3.63) is 29.3 Å². The summed E-state index contributed by atoms with van der Waals surface area (Å²) >= 11 is 0. The van der Waals surface area contributed by atoms with Gasteiger partial charge >= 0.3 is 0 Å². The average Bonchev–Trinajstić information content (AvgIpc) is 2.78. The standard InChI is InChI=1S/C16H25N3OSi/c1-3-5-10-21(11-6-4-2)20-13-9-7-8-12-14(13)16(18)19-15(12)17/h7-9,21H,3-6,10-11H2,1-2H3,(H3,17,18,19). The van der Waals surface area contributed by atoms with Crippen molar-refractivity contribution in [1.29, 1.82) is 10.8 Å². The number of benzene rings is 1. The number of nitrogens with one attached hydrogen (secondary N) is 3. The molecule has 21 heavy (non-hydrogen) atoms. The van der Waals surface area contributed by atoms with Crippen LogP contribution in [0, 0.1) is 10.8 Å². The molecule has 0 amide bonds. The van der Waals surface area contributed by atoms with E-state index >= 15 is 0 Å². The van der Waals surface area contributed by atoms with E-state index in [0.717, 1.165) is 16.9 Å². The highest BCUT2D eigenvalue weighted by Crippen LogP contribution is 2.28. The summed E-state index contributed by atoms with van der Waals surface area (Å²) in [5, 5.41) is 18.7. The van der Waals surface area contributed by atoms with Crippen LogP contribution < -0.4 is 9.74 Å². The minimum absolute atomic E-state index is 0.296. The van der Waals surface area contributed by atoms with Gasteiger partial charge in [0.05, 0.1) is 5.56 Å². The summed E-state index contributed by atoms with van der Waals surface area (Å²) in [5.74, 6) is 1.40. The normalized spacial score (nSPS) is 13.5. The number of fused-ring (bicyclic) bond motifs is 1. The van der Waals surface area contributed by atoms with Crippen LogP contribution in [-0.2, 0) is 0 Å². The molecule has 0 aromatic heterocycles. The van der Waals surface area contributed by atoms with E-state index in [1.54, 1.807) is 0 Å². The Morgan fingerprint density at radius 1 is 1.05 bits per heavy atom. The minimum Gasteiger partial charge on any atom is -0.546 e. The predicted molar refractivity (Wildman–Crippen MR) is 90.4 cm³/mol. The van der Waals surface area contributed by atoms with Crippen LogP contribution in [0.15, 0.2) is 18.2 Å². The van der Waals surface area contributed by atoms with Crippen molar-refractivity contribution in [2.45, 2.75) is 51.6 Å². The zero-order valence-corrected chi connectivity index (χ0v) is 14.1. The van der Waals surface area contributed by atoms with E-state index in [4.69, 9.17) is 15.2 Å². The maximum Gasteiger partial charge on any atom is 0.235 e. The number of unbranched alkanes of at least 4 members (excludes halogenated alkanes) is 2. The fraction of sp³-hybridized carbons (Fsp3) is 0.500. The van der Waals surface area contributed by atoms with Gasteiger partial charge in [0.15, 0.2) is 0 Å². The van der Waals surface area contributed by atoms with Gasteiger partial charge in [-0.25, -0.2) is 0 Å². The topological polar surface area (TPSA) is 69.0 Å². The van der Waals surface area contributed by atoms with Crippen LogP contribution in [-0.4, -0.2) is 20.7 Å². The third-order valence-corrected chi connectivity index (χ3v) is 6.54. The first-order valence-electron chi connectivity index (χ1n) is 7.91. The van der Waals surface area contributed by atoms with E-state index < -0.39 is 9.04 Å². The van der Waals surface area contributed by atoms with E-state index in [1.165, 1.54) is 37.8 Å². The van der Waals surface area contributed by atoms with Gasteiger partial charge in [0.1, 0.15) is 17.4 Å². The van der Waals surface area contributed by atoms with Crippen molar-refractivity contribution in [3.63, 3.8) is 0 Å². The van der Waals surface area contributed by atoms with Crippen molar-refractivity contribution < 1.29 is 4.43 Å². The van der Waals surface area contributed by atoms with E-state index in [1.807, 2.05) is 18.2 Å². The van der Waals surface area contributed by atoms with Gasteiger partial charge in [-0.05, 0) is 18.2 Å². The Bertz CT molecular complexity index is 522. The van der Waals surface area contributed by atoms with Gasteiger partial charge in [-0.15, -0.1) is 0 Å². The lowest BCUT2D eigenvalue weighted by Gasteiger charge is -2.19. The molecule has 0 saturated heterocycles. The highest BCUT2D eigenvalue weighted by Gasteiger charge is 2.26. The summed E-state index contributed by atoms with van der Waals surface area (Å²) in [4.78, 5) is 0. The monoisotopic (exact) mass is 303 g/mol. The molecule has 1 aliphatic heterocycles. The average molecular weight is 303 g/mol. The molecule has 1 aliphatic rings.